The van der Waals surface area contributed by atoms with E-state index in [0.29, 0.717) is 0 Å². The molecule has 0 radical (unpaired) electrons. The Bertz CT molecular complexity index is 488. The van der Waals surface area contributed by atoms with Gasteiger partial charge >= 0.3 is 102 Å². The van der Waals surface area contributed by atoms with E-state index in [1.807, 2.05) is 6.66 Å². The van der Waals surface area contributed by atoms with Crippen molar-refractivity contribution in [3.05, 3.63) is 42.1 Å². The van der Waals surface area contributed by atoms with Crippen LogP contribution in [0.3, 0.4) is 0 Å². The average Bonchev–Trinajstić information content (AvgIpc) is 2.73. The van der Waals surface area contributed by atoms with Gasteiger partial charge in [-0.2, -0.15) is 0 Å². The molecule has 102 valence electrons. The molecule has 2 aliphatic carbocycles. The quantitative estimate of drug-likeness (QED) is 0.421. The van der Waals surface area contributed by atoms with Crippen molar-refractivity contribution in [2.24, 2.45) is 0 Å². The van der Waals surface area contributed by atoms with E-state index in [-0.39, 0.29) is 34.0 Å². The van der Waals surface area contributed by atoms with Crippen molar-refractivity contribution in [3.63, 3.8) is 0 Å². The molecule has 0 aromatic rings. The first-order chi connectivity index (χ1) is 7.31. The fraction of sp³-hybridized carbons (Fsp3) is 0.429. The van der Waals surface area contributed by atoms with Gasteiger partial charge in [-0.25, -0.2) is 0 Å². The number of halogens is 2. The summed E-state index contributed by atoms with van der Waals surface area (Å²) in [5.74, 6) is 0. The third-order valence-electron chi connectivity index (χ3n) is 4.27. The summed E-state index contributed by atoms with van der Waals surface area (Å²) in [4.78, 5) is 0. The minimum atomic E-state index is -2.87. The summed E-state index contributed by atoms with van der Waals surface area (Å²) in [5.41, 5.74) is 3.12. The van der Waals surface area contributed by atoms with Crippen LogP contribution in [0.4, 0.5) is 0 Å². The first-order valence-corrected chi connectivity index (χ1v) is 25.2. The van der Waals surface area contributed by atoms with Gasteiger partial charge in [-0.05, 0) is 0 Å². The van der Waals surface area contributed by atoms with Crippen molar-refractivity contribution in [2.45, 2.75) is 36.0 Å². The van der Waals surface area contributed by atoms with E-state index in [4.69, 9.17) is 0 Å². The van der Waals surface area contributed by atoms with Gasteiger partial charge in [0.05, 0.1) is 0 Å². The molecule has 0 fully saturated rings. The molecule has 0 unspecified atom stereocenters. The normalized spacial score (nSPS) is 19.2. The Morgan fingerprint density at radius 2 is 1.22 bits per heavy atom. The molecule has 2 rings (SSSR count). The number of rotatable bonds is 2. The van der Waals surface area contributed by atoms with Crippen molar-refractivity contribution in [1.29, 1.82) is 0 Å². The topological polar surface area (TPSA) is 0 Å². The van der Waals surface area contributed by atoms with Gasteiger partial charge in [-0.15, -0.1) is 34.0 Å². The summed E-state index contributed by atoms with van der Waals surface area (Å²) >= 11 is -2.87. The second-order valence-electron chi connectivity index (χ2n) is 6.22. The van der Waals surface area contributed by atoms with E-state index in [1.165, 1.54) is 12.8 Å². The molecular formula is C14H24Br2HfSi. The Balaban J connectivity index is 0.00000144. The van der Waals surface area contributed by atoms with Crippen molar-refractivity contribution in [3.8, 4) is 0 Å². The van der Waals surface area contributed by atoms with Crippen LogP contribution < -0.4 is 0 Å². The number of allylic oxidation sites excluding steroid dienone is 8. The van der Waals surface area contributed by atoms with Gasteiger partial charge < -0.3 is 0 Å². The number of hydrogen-bond donors (Lipinski definition) is 0. The van der Waals surface area contributed by atoms with Gasteiger partial charge in [0.15, 0.2) is 0 Å². The van der Waals surface area contributed by atoms with Crippen LogP contribution in [-0.4, -0.2) is 6.94 Å². The van der Waals surface area contributed by atoms with Gasteiger partial charge in [0, 0.05) is 0 Å². The maximum atomic E-state index is 2.62. The fourth-order valence-electron chi connectivity index (χ4n) is 3.33. The van der Waals surface area contributed by atoms with Crippen LogP contribution in [0.2, 0.25) is 9.36 Å². The van der Waals surface area contributed by atoms with Crippen LogP contribution >= 0.6 is 34.0 Å². The van der Waals surface area contributed by atoms with Crippen molar-refractivity contribution in [1.82, 2.24) is 0 Å². The van der Waals surface area contributed by atoms with Crippen LogP contribution in [0.1, 0.15) is 26.7 Å². The summed E-state index contributed by atoms with van der Waals surface area (Å²) in [6.45, 7) is 6.96. The summed E-state index contributed by atoms with van der Waals surface area (Å²) in [6, 6.07) is 0. The third kappa shape index (κ3) is 3.18. The molecule has 0 amide bonds. The van der Waals surface area contributed by atoms with E-state index in [1.54, 1.807) is 11.1 Å². The SMILES string of the molecule is Br.Br.CC1=[C]([Hf]([CH3])([CH3])(=[SiH2])[C]2=C(C)C=CC2)CC=C1. The average molecular weight is 559 g/mol. The molecule has 0 N–H and O–H groups in total. The molecule has 2 aliphatic rings. The molecule has 0 saturated heterocycles. The molecule has 0 aromatic carbocycles. The van der Waals surface area contributed by atoms with E-state index in [9.17, 15) is 0 Å². The predicted molar refractivity (Wildman–Crippen MR) is 93.8 cm³/mol. The predicted octanol–water partition coefficient (Wildman–Crippen LogP) is 4.94. The van der Waals surface area contributed by atoms with Gasteiger partial charge in [-0.1, -0.05) is 0 Å². The fourth-order valence-corrected chi connectivity index (χ4v) is 26.8. The first kappa shape index (κ1) is 19.0. The van der Waals surface area contributed by atoms with Crippen LogP contribution in [0, 0.1) is 0 Å². The molecule has 0 aromatic heterocycles. The second-order valence-corrected chi connectivity index (χ2v) is 47.2. The maximum absolute atomic E-state index is 2.87. The van der Waals surface area contributed by atoms with Crippen LogP contribution in [0.15, 0.2) is 42.1 Å². The Morgan fingerprint density at radius 3 is 1.44 bits per heavy atom. The third-order valence-corrected chi connectivity index (χ3v) is 29.5. The number of hydrogen-bond acceptors (Lipinski definition) is 0. The molecule has 0 aliphatic heterocycles. The zero-order valence-corrected chi connectivity index (χ0v) is 20.2. The molecule has 4 heteroatoms. The van der Waals surface area contributed by atoms with Crippen LogP contribution in [-0.2, 0) is 17.1 Å². The summed E-state index contributed by atoms with van der Waals surface area (Å²) < 4.78 is 8.86. The van der Waals surface area contributed by atoms with E-state index >= 15 is 0 Å². The molecule has 0 spiro atoms. The van der Waals surface area contributed by atoms with Crippen molar-refractivity contribution >= 4 is 40.9 Å². The van der Waals surface area contributed by atoms with Crippen LogP contribution in [0.25, 0.3) is 0 Å². The summed E-state index contributed by atoms with van der Waals surface area (Å²) in [7, 11) is 0. The molecule has 0 bridgehead atoms. The molecule has 0 saturated carbocycles. The monoisotopic (exact) mass is 558 g/mol. The standard InChI is InChI=1S/2C6H7.2CH3.2BrH.Hf.H2Si/c2*1-6-4-2-3-5-6;;;;;;/h2*2,4H,3H2,1H3;2*1H3;2*1H;;1H2. The van der Waals surface area contributed by atoms with E-state index in [0.717, 1.165) is 0 Å². The molecule has 0 nitrogen and oxygen atoms in total. The Labute approximate surface area is 135 Å². The zero-order valence-electron chi connectivity index (χ0n) is 11.7. The van der Waals surface area contributed by atoms with Gasteiger partial charge in [0.25, 0.3) is 0 Å². The second kappa shape index (κ2) is 6.19. The zero-order chi connectivity index (χ0) is 12.0. The first-order valence-electron chi connectivity index (χ1n) is 6.12. The van der Waals surface area contributed by atoms with Gasteiger partial charge in [-0.3, -0.25) is 0 Å². The van der Waals surface area contributed by atoms with Crippen molar-refractivity contribution in [2.75, 3.05) is 0 Å². The molecular weight excluding hydrogens is 535 g/mol. The molecule has 18 heavy (non-hydrogen) atoms. The molecule has 0 heterocycles. The Morgan fingerprint density at radius 1 is 0.889 bits per heavy atom. The Kier molecular flexibility index (Phi) is 6.54. The summed E-state index contributed by atoms with van der Waals surface area (Å²) in [5, 5.41) is 0. The molecule has 0 atom stereocenters. The van der Waals surface area contributed by atoms with E-state index < -0.39 is 17.1 Å². The van der Waals surface area contributed by atoms with Gasteiger partial charge in [0.2, 0.25) is 0 Å². The van der Waals surface area contributed by atoms with Gasteiger partial charge in [0.1, 0.15) is 0 Å². The van der Waals surface area contributed by atoms with Crippen LogP contribution in [0.5, 0.6) is 0 Å². The van der Waals surface area contributed by atoms with Crippen molar-refractivity contribution < 1.29 is 17.1 Å². The Hall–Kier alpha value is 1.01. The minimum absolute atomic E-state index is 0. The summed E-state index contributed by atoms with van der Waals surface area (Å²) in [6.07, 6.45) is 11.8. The van der Waals surface area contributed by atoms with E-state index in [2.05, 4.69) is 54.5 Å².